The molecule has 0 aliphatic carbocycles. The summed E-state index contributed by atoms with van der Waals surface area (Å²) in [4.78, 5) is 16.7. The Morgan fingerprint density at radius 2 is 2.03 bits per heavy atom. The number of ether oxygens (including phenoxy) is 1. The second-order valence-electron chi connectivity index (χ2n) is 7.28. The van der Waals surface area contributed by atoms with Crippen LogP contribution in [0.1, 0.15) is 11.3 Å². The highest BCUT2D eigenvalue weighted by Gasteiger charge is 2.36. The number of thioether (sulfide) groups is 1. The van der Waals surface area contributed by atoms with Crippen LogP contribution in [0.4, 0.5) is 0 Å². The summed E-state index contributed by atoms with van der Waals surface area (Å²) in [5.41, 5.74) is 1.92. The summed E-state index contributed by atoms with van der Waals surface area (Å²) in [6, 6.07) is 18.5. The summed E-state index contributed by atoms with van der Waals surface area (Å²) >= 11 is 7.27. The molecule has 2 aliphatic rings. The molecule has 33 heavy (non-hydrogen) atoms. The first-order valence-electron chi connectivity index (χ1n) is 10.0. The Bertz CT molecular complexity index is 1380. The molecule has 9 heteroatoms. The zero-order chi connectivity index (χ0) is 22.9. The van der Waals surface area contributed by atoms with E-state index in [1.807, 2.05) is 43.3 Å². The predicted molar refractivity (Wildman–Crippen MR) is 131 cm³/mol. The largest absolute Gasteiger partial charge is 0.486 e. The number of hydrogen-bond acceptors (Lipinski definition) is 6. The quantitative estimate of drug-likeness (QED) is 0.483. The van der Waals surface area contributed by atoms with E-state index >= 15 is 0 Å². The van der Waals surface area contributed by atoms with E-state index in [1.54, 1.807) is 24.3 Å². The van der Waals surface area contributed by atoms with Gasteiger partial charge in [0.1, 0.15) is 28.9 Å². The molecular weight excluding hydrogens is 460 g/mol. The van der Waals surface area contributed by atoms with E-state index in [0.29, 0.717) is 26.8 Å². The smallest absolute Gasteiger partial charge is 0.283 e. The number of carbonyl (C=O) groups is 1. The van der Waals surface area contributed by atoms with Gasteiger partial charge >= 0.3 is 0 Å². The molecule has 1 N–H and O–H groups in total. The number of aliphatic imine (C=N–C) groups is 1. The van der Waals surface area contributed by atoms with Gasteiger partial charge in [0.2, 0.25) is 5.17 Å². The lowest BCUT2D eigenvalue weighted by Crippen LogP contribution is -2.35. The number of nitrogens with one attached hydrogen (secondary N) is 1. The fourth-order valence-electron chi connectivity index (χ4n) is 3.32. The minimum absolute atomic E-state index is 0.0657. The summed E-state index contributed by atoms with van der Waals surface area (Å²) < 4.78 is 11.7. The Kier molecular flexibility index (Phi) is 5.62. The van der Waals surface area contributed by atoms with Crippen molar-refractivity contribution in [2.75, 3.05) is 6.61 Å². The maximum atomic E-state index is 12.6. The Balaban J connectivity index is 1.35. The Labute approximate surface area is 198 Å². The number of amides is 1. The number of rotatable bonds is 5. The van der Waals surface area contributed by atoms with Crippen molar-refractivity contribution >= 4 is 51.4 Å². The van der Waals surface area contributed by atoms with Crippen LogP contribution in [0.2, 0.25) is 5.02 Å². The second kappa shape index (κ2) is 8.73. The van der Waals surface area contributed by atoms with Gasteiger partial charge in [0.05, 0.1) is 5.57 Å². The molecule has 2 aromatic carbocycles. The first-order chi connectivity index (χ1) is 16.0. The van der Waals surface area contributed by atoms with Crippen LogP contribution >= 0.6 is 23.4 Å². The number of hydrazone groups is 1. The van der Waals surface area contributed by atoms with Gasteiger partial charge in [0, 0.05) is 10.6 Å². The van der Waals surface area contributed by atoms with Gasteiger partial charge in [0.15, 0.2) is 5.84 Å². The van der Waals surface area contributed by atoms with Crippen molar-refractivity contribution in [3.05, 3.63) is 82.6 Å². The number of carbonyl (C=O) groups excluding carboxylic acids is 1. The van der Waals surface area contributed by atoms with E-state index < -0.39 is 5.91 Å². The third-order valence-electron chi connectivity index (χ3n) is 4.96. The average molecular weight is 477 g/mol. The van der Waals surface area contributed by atoms with Crippen molar-refractivity contribution in [3.8, 4) is 17.1 Å². The highest BCUT2D eigenvalue weighted by molar-refractivity contribution is 8.27. The maximum absolute atomic E-state index is 12.6. The second-order valence-corrected chi connectivity index (χ2v) is 8.76. The monoisotopic (exact) mass is 476 g/mol. The molecule has 3 heterocycles. The number of furan rings is 1. The minimum Gasteiger partial charge on any atom is -0.486 e. The molecule has 0 unspecified atom stereocenters. The van der Waals surface area contributed by atoms with E-state index in [1.165, 1.54) is 22.8 Å². The van der Waals surface area contributed by atoms with Crippen LogP contribution in [-0.2, 0) is 4.79 Å². The molecule has 0 fully saturated rings. The van der Waals surface area contributed by atoms with Crippen LogP contribution in [0.15, 0.2) is 80.7 Å². The first kappa shape index (κ1) is 21.2. The number of fused-ring (bicyclic) bond motifs is 1. The molecule has 3 aromatic rings. The fourth-order valence-corrected chi connectivity index (χ4v) is 4.31. The van der Waals surface area contributed by atoms with Crippen molar-refractivity contribution in [2.24, 2.45) is 10.1 Å². The zero-order valence-corrected chi connectivity index (χ0v) is 19.0. The molecule has 5 rings (SSSR count). The summed E-state index contributed by atoms with van der Waals surface area (Å²) in [5.74, 6) is 1.21. The molecule has 7 nitrogen and oxygen atoms in total. The summed E-state index contributed by atoms with van der Waals surface area (Å²) in [6.45, 7) is 2.18. The van der Waals surface area contributed by atoms with Crippen LogP contribution in [0, 0.1) is 12.3 Å². The minimum atomic E-state index is -0.518. The molecule has 0 saturated heterocycles. The topological polar surface area (TPSA) is 91.2 Å². The van der Waals surface area contributed by atoms with Gasteiger partial charge in [-0.25, -0.2) is 0 Å². The van der Waals surface area contributed by atoms with Gasteiger partial charge in [-0.15, -0.1) is 0 Å². The van der Waals surface area contributed by atoms with Gasteiger partial charge in [-0.1, -0.05) is 41.9 Å². The molecule has 0 spiro atoms. The lowest BCUT2D eigenvalue weighted by atomic mass is 10.1. The van der Waals surface area contributed by atoms with Crippen molar-refractivity contribution in [1.29, 1.82) is 5.41 Å². The summed E-state index contributed by atoms with van der Waals surface area (Å²) in [5, 5.41) is 15.8. The maximum Gasteiger partial charge on any atom is 0.283 e. The van der Waals surface area contributed by atoms with E-state index in [-0.39, 0.29) is 18.0 Å². The van der Waals surface area contributed by atoms with Gasteiger partial charge in [0.25, 0.3) is 5.91 Å². The van der Waals surface area contributed by atoms with Crippen molar-refractivity contribution < 1.29 is 13.9 Å². The summed E-state index contributed by atoms with van der Waals surface area (Å²) in [6.07, 6.45) is 1.50. The van der Waals surface area contributed by atoms with Crippen LogP contribution in [0.3, 0.4) is 0 Å². The first-order valence-corrected chi connectivity index (χ1v) is 11.2. The third-order valence-corrected chi connectivity index (χ3v) is 6.08. The third kappa shape index (κ3) is 4.35. The molecule has 1 aromatic heterocycles. The lowest BCUT2D eigenvalue weighted by Gasteiger charge is -2.19. The van der Waals surface area contributed by atoms with Gasteiger partial charge in [-0.05, 0) is 60.7 Å². The van der Waals surface area contributed by atoms with E-state index in [2.05, 4.69) is 10.1 Å². The van der Waals surface area contributed by atoms with Crippen molar-refractivity contribution in [3.63, 3.8) is 0 Å². The highest BCUT2D eigenvalue weighted by Crippen LogP contribution is 2.30. The molecule has 0 saturated carbocycles. The Hall–Kier alpha value is -3.62. The number of nitrogens with zero attached hydrogens (tertiary/aromatic N) is 3. The highest BCUT2D eigenvalue weighted by atomic mass is 35.5. The van der Waals surface area contributed by atoms with E-state index in [0.717, 1.165) is 16.9 Å². The standard InChI is InChI=1S/C24H17ClN4O3S/c1-14-5-2-3-8-19(14)31-13-21-28-29-22(26)18(23(30)27-24(29)33-21)12-17-9-10-20(32-17)15-6-4-7-16(25)11-15/h2-12,26H,13H2,1H3/b18-12-,26-22?. The summed E-state index contributed by atoms with van der Waals surface area (Å²) in [7, 11) is 0. The Morgan fingerprint density at radius 1 is 1.18 bits per heavy atom. The molecule has 0 atom stereocenters. The zero-order valence-electron chi connectivity index (χ0n) is 17.4. The number of hydrogen-bond donors (Lipinski definition) is 1. The van der Waals surface area contributed by atoms with Gasteiger partial charge in [-0.2, -0.15) is 15.1 Å². The van der Waals surface area contributed by atoms with Crippen molar-refractivity contribution in [1.82, 2.24) is 5.01 Å². The number of para-hydroxylation sites is 1. The normalized spacial score (nSPS) is 16.7. The van der Waals surface area contributed by atoms with Crippen molar-refractivity contribution in [2.45, 2.75) is 6.92 Å². The SMILES string of the molecule is Cc1ccccc1OCC1=NN2C(=N)/C(=C/c3ccc(-c4cccc(Cl)c4)o3)C(=O)N=C2S1. The average Bonchev–Trinajstić information content (AvgIpc) is 3.43. The number of benzene rings is 2. The van der Waals surface area contributed by atoms with Crippen LogP contribution in [0.25, 0.3) is 17.4 Å². The molecular formula is C24H17ClN4O3S. The predicted octanol–water partition coefficient (Wildman–Crippen LogP) is 5.61. The number of amidine groups is 2. The van der Waals surface area contributed by atoms with Gasteiger partial charge in [-0.3, -0.25) is 10.2 Å². The molecule has 0 bridgehead atoms. The fraction of sp³-hybridized carbons (Fsp3) is 0.0833. The van der Waals surface area contributed by atoms with Crippen LogP contribution in [0.5, 0.6) is 5.75 Å². The van der Waals surface area contributed by atoms with Gasteiger partial charge < -0.3 is 9.15 Å². The van der Waals surface area contributed by atoms with Crippen LogP contribution in [-0.4, -0.2) is 33.6 Å². The lowest BCUT2D eigenvalue weighted by molar-refractivity contribution is -0.114. The van der Waals surface area contributed by atoms with E-state index in [9.17, 15) is 4.79 Å². The van der Waals surface area contributed by atoms with E-state index in [4.69, 9.17) is 26.2 Å². The molecule has 164 valence electrons. The Morgan fingerprint density at radius 3 is 2.85 bits per heavy atom. The molecule has 0 radical (unpaired) electrons. The number of halogens is 1. The molecule has 2 aliphatic heterocycles. The molecule has 1 amide bonds. The van der Waals surface area contributed by atoms with Crippen LogP contribution < -0.4 is 4.74 Å². The number of aryl methyl sites for hydroxylation is 1.